The van der Waals surface area contributed by atoms with Gasteiger partial charge >= 0.3 is 14.2 Å². The van der Waals surface area contributed by atoms with Crippen LogP contribution in [0.2, 0.25) is 0 Å². The van der Waals surface area contributed by atoms with E-state index < -0.39 is 14.2 Å². The quantitative estimate of drug-likeness (QED) is 0.0380. The molecule has 0 bridgehead atoms. The summed E-state index contributed by atoms with van der Waals surface area (Å²) in [6.07, 6.45) is 0.864. The van der Waals surface area contributed by atoms with E-state index in [1.54, 1.807) is 12.1 Å². The highest BCUT2D eigenvalue weighted by Gasteiger charge is 2.24. The Kier molecular flexibility index (Phi) is 19.9. The van der Waals surface area contributed by atoms with Crippen LogP contribution in [0.25, 0.3) is 22.3 Å². The van der Waals surface area contributed by atoms with Crippen LogP contribution in [-0.2, 0) is 4.65 Å². The van der Waals surface area contributed by atoms with Gasteiger partial charge in [-0.05, 0) is 184 Å². The second-order valence-electron chi connectivity index (χ2n) is 18.4. The topological polar surface area (TPSA) is 113 Å². The highest BCUT2D eigenvalue weighted by Crippen LogP contribution is 2.38. The summed E-state index contributed by atoms with van der Waals surface area (Å²) in [7, 11) is 5.01. The zero-order valence-electron chi connectivity index (χ0n) is 42.4. The van der Waals surface area contributed by atoms with Crippen molar-refractivity contribution in [2.24, 2.45) is 0 Å². The molecule has 0 aliphatic rings. The van der Waals surface area contributed by atoms with E-state index in [9.17, 15) is 15.1 Å². The maximum absolute atomic E-state index is 12.1. The summed E-state index contributed by atoms with van der Waals surface area (Å²) >= 11 is 0. The van der Waals surface area contributed by atoms with Crippen LogP contribution in [0, 0.1) is 0 Å². The Morgan fingerprint density at radius 1 is 0.471 bits per heavy atom. The Hall–Kier alpha value is -6.11. The van der Waals surface area contributed by atoms with Crippen molar-refractivity contribution >= 4 is 47.5 Å². The number of hydrogen-bond acceptors (Lipinski definition) is 10. The highest BCUT2D eigenvalue weighted by molar-refractivity contribution is 6.60. The molecule has 0 saturated carbocycles. The van der Waals surface area contributed by atoms with Gasteiger partial charge in [-0.2, -0.15) is 0 Å². The van der Waals surface area contributed by atoms with Crippen molar-refractivity contribution in [3.63, 3.8) is 0 Å². The number of likely N-dealkylation sites (N-methyl/N-ethyl adjacent to an activating group) is 2. The van der Waals surface area contributed by atoms with Crippen LogP contribution in [0.5, 0.6) is 23.0 Å². The van der Waals surface area contributed by atoms with Crippen LogP contribution in [-0.4, -0.2) is 112 Å². The number of benzene rings is 6. The molecule has 6 aromatic rings. The Morgan fingerprint density at radius 2 is 0.914 bits per heavy atom. The molecule has 0 amide bonds. The lowest BCUT2D eigenvalue weighted by molar-refractivity contribution is 0.242. The predicted molar refractivity (Wildman–Crippen MR) is 288 cm³/mol. The largest absolute Gasteiger partial charge is 0.492 e. The third-order valence-corrected chi connectivity index (χ3v) is 11.5. The van der Waals surface area contributed by atoms with E-state index in [-0.39, 0.29) is 24.3 Å². The van der Waals surface area contributed by atoms with Crippen molar-refractivity contribution in [2.75, 3.05) is 61.1 Å². The van der Waals surface area contributed by atoms with Crippen molar-refractivity contribution in [1.82, 2.24) is 9.80 Å². The standard InChI is InChI=1S/C58H70B2N2O8/c1-10-55(57(43-17-13-11-14-18-43)45-21-25-51(26-22-45)66-33-30-61(6)7)47-36-50(40-53(37-47)67-34-31-62(8)9)60(65)68-32-29-56(48-35-49(59(63)64)39-54(38-48)70-42(4)5)58(44-19-15-12-16-20-44)46-23-27-52(28-24-46)69-41(2)3/h11-28,35-42,63-65H,10,29-34H2,1-9H3/b57-55+,58-56+. The van der Waals surface area contributed by atoms with E-state index in [2.05, 4.69) is 59.2 Å². The van der Waals surface area contributed by atoms with Crippen molar-refractivity contribution in [2.45, 2.75) is 59.7 Å². The third kappa shape index (κ3) is 15.4. The average Bonchev–Trinajstić information content (AvgIpc) is 3.33. The molecule has 0 unspecified atom stereocenters. The maximum Gasteiger partial charge on any atom is 0.491 e. The van der Waals surface area contributed by atoms with Crippen LogP contribution >= 0.6 is 0 Å². The lowest BCUT2D eigenvalue weighted by Gasteiger charge is -2.21. The molecule has 6 rings (SSSR count). The fourth-order valence-electron chi connectivity index (χ4n) is 8.24. The number of ether oxygens (including phenoxy) is 4. The lowest BCUT2D eigenvalue weighted by atomic mass is 9.76. The molecule has 0 aromatic heterocycles. The molecular formula is C58H70B2N2O8. The summed E-state index contributed by atoms with van der Waals surface area (Å²) in [6.45, 7) is 12.7. The molecule has 70 heavy (non-hydrogen) atoms. The molecule has 0 saturated heterocycles. The van der Waals surface area contributed by atoms with Crippen LogP contribution in [0.15, 0.2) is 146 Å². The molecule has 0 aliphatic heterocycles. The van der Waals surface area contributed by atoms with Gasteiger partial charge in [0.2, 0.25) is 0 Å². The SMILES string of the molecule is CC/C(=C(/c1ccccc1)c1ccc(OCCN(C)C)cc1)c1cc(OCCN(C)C)cc(B(O)OCC/C(=C(/c2ccccc2)c2ccc(OC(C)C)cc2)c2cc(OC(C)C)cc(B(O)O)c2)c1. The van der Waals surface area contributed by atoms with Crippen molar-refractivity contribution < 1.29 is 38.7 Å². The monoisotopic (exact) mass is 945 g/mol. The summed E-state index contributed by atoms with van der Waals surface area (Å²) in [5.74, 6) is 2.68. The van der Waals surface area contributed by atoms with E-state index in [4.69, 9.17) is 23.6 Å². The minimum absolute atomic E-state index is 0.00827. The molecule has 0 spiro atoms. The zero-order valence-corrected chi connectivity index (χ0v) is 42.4. The molecule has 10 nitrogen and oxygen atoms in total. The van der Waals surface area contributed by atoms with E-state index in [1.807, 2.05) is 147 Å². The smallest absolute Gasteiger partial charge is 0.491 e. The van der Waals surface area contributed by atoms with E-state index >= 15 is 0 Å². The molecule has 0 atom stereocenters. The molecule has 3 N–H and O–H groups in total. The van der Waals surface area contributed by atoms with Crippen molar-refractivity contribution in [3.8, 4) is 23.0 Å². The van der Waals surface area contributed by atoms with Gasteiger partial charge in [0.1, 0.15) is 36.2 Å². The summed E-state index contributed by atoms with van der Waals surface area (Å²) in [5.41, 5.74) is 10.3. The number of rotatable bonds is 25. The second kappa shape index (κ2) is 26.2. The Labute approximate surface area is 417 Å². The van der Waals surface area contributed by atoms with Crippen molar-refractivity contribution in [3.05, 3.63) is 179 Å². The van der Waals surface area contributed by atoms with Crippen LogP contribution in [0.4, 0.5) is 0 Å². The van der Waals surface area contributed by atoms with Crippen LogP contribution < -0.4 is 29.9 Å². The molecule has 0 fully saturated rings. The van der Waals surface area contributed by atoms with Crippen LogP contribution in [0.3, 0.4) is 0 Å². The molecule has 0 aliphatic carbocycles. The second-order valence-corrected chi connectivity index (χ2v) is 18.4. The van der Waals surface area contributed by atoms with Gasteiger partial charge in [-0.25, -0.2) is 0 Å². The van der Waals surface area contributed by atoms with Gasteiger partial charge in [-0.15, -0.1) is 0 Å². The van der Waals surface area contributed by atoms with E-state index in [0.29, 0.717) is 49.6 Å². The van der Waals surface area contributed by atoms with Gasteiger partial charge in [0.15, 0.2) is 0 Å². The third-order valence-electron chi connectivity index (χ3n) is 11.5. The Balaban J connectivity index is 1.43. The first-order chi connectivity index (χ1) is 33.7. The molecule has 12 heteroatoms. The van der Waals surface area contributed by atoms with Crippen LogP contribution in [0.1, 0.15) is 80.8 Å². The lowest BCUT2D eigenvalue weighted by Crippen LogP contribution is -2.34. The molecular weight excluding hydrogens is 874 g/mol. The first-order valence-corrected chi connectivity index (χ1v) is 24.3. The minimum Gasteiger partial charge on any atom is -0.492 e. The normalized spacial score (nSPS) is 12.3. The number of hydrogen-bond donors (Lipinski definition) is 3. The van der Waals surface area contributed by atoms with Gasteiger partial charge in [-0.3, -0.25) is 0 Å². The molecule has 0 radical (unpaired) electrons. The zero-order chi connectivity index (χ0) is 50.2. The molecule has 6 aromatic carbocycles. The predicted octanol–water partition coefficient (Wildman–Crippen LogP) is 8.94. The fraction of sp³-hybridized carbons (Fsp3) is 0.310. The van der Waals surface area contributed by atoms with Gasteiger partial charge in [0.05, 0.1) is 12.2 Å². The summed E-state index contributed by atoms with van der Waals surface area (Å²) in [5, 5.41) is 33.2. The summed E-state index contributed by atoms with van der Waals surface area (Å²) in [4.78, 5) is 4.16. The molecule has 366 valence electrons. The summed E-state index contributed by atoms with van der Waals surface area (Å²) < 4.78 is 31.1. The number of nitrogens with zero attached hydrogens (tertiary/aromatic N) is 2. The highest BCUT2D eigenvalue weighted by atomic mass is 16.5. The first kappa shape index (κ1) is 53.2. The van der Waals surface area contributed by atoms with E-state index in [0.717, 1.165) is 73.7 Å². The first-order valence-electron chi connectivity index (χ1n) is 24.3. The minimum atomic E-state index is -1.74. The van der Waals surface area contributed by atoms with Crippen molar-refractivity contribution in [1.29, 1.82) is 0 Å². The van der Waals surface area contributed by atoms with Gasteiger partial charge in [-0.1, -0.05) is 104 Å². The Bertz CT molecular complexity index is 2620. The molecule has 0 heterocycles. The maximum atomic E-state index is 12.1. The number of allylic oxidation sites excluding steroid dienone is 1. The van der Waals surface area contributed by atoms with E-state index in [1.165, 1.54) is 0 Å². The fourth-order valence-corrected chi connectivity index (χ4v) is 8.24. The van der Waals surface area contributed by atoms with Gasteiger partial charge in [0.25, 0.3) is 0 Å². The van der Waals surface area contributed by atoms with Gasteiger partial charge in [0, 0.05) is 19.7 Å². The van der Waals surface area contributed by atoms with Gasteiger partial charge < -0.3 is 48.5 Å². The Morgan fingerprint density at radius 3 is 1.43 bits per heavy atom. The summed E-state index contributed by atoms with van der Waals surface area (Å²) in [6, 6.07) is 47.9. The average molecular weight is 945 g/mol.